The minimum absolute atomic E-state index is 0.157. The Balaban J connectivity index is 1.36. The molecule has 1 heterocycles. The third kappa shape index (κ3) is 6.36. The van der Waals surface area contributed by atoms with Crippen molar-refractivity contribution in [2.24, 2.45) is 0 Å². The van der Waals surface area contributed by atoms with Crippen molar-refractivity contribution in [3.63, 3.8) is 0 Å². The number of nitrogens with zero attached hydrogens (tertiary/aromatic N) is 2. The summed E-state index contributed by atoms with van der Waals surface area (Å²) >= 11 is 1.49. The molecule has 4 aromatic rings. The number of ether oxygens (including phenoxy) is 2. The van der Waals surface area contributed by atoms with Crippen LogP contribution < -0.4 is 14.8 Å². The highest BCUT2D eigenvalue weighted by Gasteiger charge is 2.11. The van der Waals surface area contributed by atoms with Crippen LogP contribution in [0.25, 0.3) is 0 Å². The topological polar surface area (TPSA) is 73.3 Å². The van der Waals surface area contributed by atoms with E-state index in [1.807, 2.05) is 43.3 Å². The van der Waals surface area contributed by atoms with Gasteiger partial charge >= 0.3 is 0 Å². The number of benzene rings is 3. The second-order valence-electron chi connectivity index (χ2n) is 7.47. The Kier molecular flexibility index (Phi) is 7.78. The van der Waals surface area contributed by atoms with E-state index >= 15 is 0 Å². The first-order chi connectivity index (χ1) is 16.6. The van der Waals surface area contributed by atoms with Gasteiger partial charge < -0.3 is 14.8 Å². The first-order valence-electron chi connectivity index (χ1n) is 10.9. The number of carbonyl (C=O) groups excluding carboxylic acids is 1. The average molecular weight is 472 g/mol. The lowest BCUT2D eigenvalue weighted by Gasteiger charge is -2.10. The standard InChI is InChI=1S/C27H25N3O3S/c1-3-32-22-10-6-20(7-11-22)18-30-25(31)21-8-12-23(13-9-21)33-26-27(29-17-16-28-26)34-24-14-4-19(2)5-15-24/h4-17H,3,18H2,1-2H3,(H,30,31). The molecule has 1 N–H and O–H groups in total. The van der Waals surface area contributed by atoms with Gasteiger partial charge in [0, 0.05) is 29.4 Å². The van der Waals surface area contributed by atoms with E-state index in [0.29, 0.717) is 35.4 Å². The van der Waals surface area contributed by atoms with Gasteiger partial charge in [0.2, 0.25) is 0 Å². The molecule has 0 unspecified atom stereocenters. The number of carbonyl (C=O) groups is 1. The summed E-state index contributed by atoms with van der Waals surface area (Å²) in [6.45, 7) is 5.05. The number of aryl methyl sites for hydroxylation is 1. The van der Waals surface area contributed by atoms with E-state index in [4.69, 9.17) is 9.47 Å². The summed E-state index contributed by atoms with van der Waals surface area (Å²) in [5.41, 5.74) is 2.74. The van der Waals surface area contributed by atoms with Gasteiger partial charge in [-0.2, -0.15) is 0 Å². The van der Waals surface area contributed by atoms with Crippen LogP contribution in [-0.2, 0) is 6.54 Å². The third-order valence-corrected chi connectivity index (χ3v) is 5.87. The summed E-state index contributed by atoms with van der Waals surface area (Å²) in [4.78, 5) is 22.3. The monoisotopic (exact) mass is 471 g/mol. The van der Waals surface area contributed by atoms with Gasteiger partial charge in [-0.15, -0.1) is 0 Å². The van der Waals surface area contributed by atoms with E-state index in [1.165, 1.54) is 17.3 Å². The molecule has 1 aromatic heterocycles. The highest BCUT2D eigenvalue weighted by atomic mass is 32.2. The molecule has 1 amide bonds. The van der Waals surface area contributed by atoms with Crippen LogP contribution in [-0.4, -0.2) is 22.5 Å². The Morgan fingerprint density at radius 2 is 1.56 bits per heavy atom. The highest BCUT2D eigenvalue weighted by molar-refractivity contribution is 7.99. The summed E-state index contributed by atoms with van der Waals surface area (Å²) in [5.74, 6) is 1.65. The maximum absolute atomic E-state index is 12.5. The third-order valence-electron chi connectivity index (χ3n) is 4.89. The second kappa shape index (κ2) is 11.3. The maximum atomic E-state index is 12.5. The van der Waals surface area contributed by atoms with E-state index < -0.39 is 0 Å². The van der Waals surface area contributed by atoms with E-state index in [9.17, 15) is 4.79 Å². The van der Waals surface area contributed by atoms with Gasteiger partial charge in [0.25, 0.3) is 11.8 Å². The Hall–Kier alpha value is -3.84. The molecule has 0 bridgehead atoms. The molecule has 0 radical (unpaired) electrons. The molecule has 172 valence electrons. The number of hydrogen-bond donors (Lipinski definition) is 1. The Labute approximate surface area is 203 Å². The second-order valence-corrected chi connectivity index (χ2v) is 8.53. The summed E-state index contributed by atoms with van der Waals surface area (Å²) in [7, 11) is 0. The molecule has 0 atom stereocenters. The van der Waals surface area contributed by atoms with Crippen LogP contribution in [0.5, 0.6) is 17.4 Å². The zero-order chi connectivity index (χ0) is 23.8. The Bertz CT molecular complexity index is 1230. The molecule has 0 fully saturated rings. The van der Waals surface area contributed by atoms with Crippen molar-refractivity contribution in [3.8, 4) is 17.4 Å². The zero-order valence-electron chi connectivity index (χ0n) is 19.0. The fourth-order valence-electron chi connectivity index (χ4n) is 3.11. The van der Waals surface area contributed by atoms with Gasteiger partial charge in [-0.25, -0.2) is 9.97 Å². The summed E-state index contributed by atoms with van der Waals surface area (Å²) in [6, 6.07) is 22.8. The molecule has 3 aromatic carbocycles. The van der Waals surface area contributed by atoms with Gasteiger partial charge in [-0.3, -0.25) is 4.79 Å². The Morgan fingerprint density at radius 1 is 0.882 bits per heavy atom. The van der Waals surface area contributed by atoms with E-state index in [-0.39, 0.29) is 5.91 Å². The molecule has 6 nitrogen and oxygen atoms in total. The van der Waals surface area contributed by atoms with Crippen LogP contribution in [0.2, 0.25) is 0 Å². The molecule has 0 saturated heterocycles. The highest BCUT2D eigenvalue weighted by Crippen LogP contribution is 2.34. The molecule has 0 aliphatic carbocycles. The van der Waals surface area contributed by atoms with Gasteiger partial charge in [-0.1, -0.05) is 41.6 Å². The number of hydrogen-bond acceptors (Lipinski definition) is 6. The number of nitrogens with one attached hydrogen (secondary N) is 1. The molecular formula is C27H25N3O3S. The van der Waals surface area contributed by atoms with Crippen molar-refractivity contribution in [1.82, 2.24) is 15.3 Å². The predicted octanol–water partition coefficient (Wildman–Crippen LogP) is 6.06. The normalized spacial score (nSPS) is 10.5. The summed E-state index contributed by atoms with van der Waals surface area (Å²) in [5, 5.41) is 3.60. The molecule has 0 spiro atoms. The van der Waals surface area contributed by atoms with Gasteiger partial charge in [0.15, 0.2) is 5.03 Å². The smallest absolute Gasteiger partial charge is 0.252 e. The first-order valence-corrected chi connectivity index (χ1v) is 11.8. The van der Waals surface area contributed by atoms with Crippen molar-refractivity contribution in [2.45, 2.75) is 30.3 Å². The van der Waals surface area contributed by atoms with Gasteiger partial charge in [0.05, 0.1) is 6.61 Å². The SMILES string of the molecule is CCOc1ccc(CNC(=O)c2ccc(Oc3nccnc3Sc3ccc(C)cc3)cc2)cc1. The van der Waals surface area contributed by atoms with Crippen LogP contribution in [0.4, 0.5) is 0 Å². The fraction of sp³-hybridized carbons (Fsp3) is 0.148. The van der Waals surface area contributed by atoms with E-state index in [2.05, 4.69) is 34.3 Å². The van der Waals surface area contributed by atoms with Crippen molar-refractivity contribution < 1.29 is 14.3 Å². The van der Waals surface area contributed by atoms with Crippen LogP contribution in [0.15, 0.2) is 95.1 Å². The molecule has 0 aliphatic rings. The van der Waals surface area contributed by atoms with Crippen molar-refractivity contribution in [2.75, 3.05) is 6.61 Å². The quantitative estimate of drug-likeness (QED) is 0.320. The lowest BCUT2D eigenvalue weighted by atomic mass is 10.2. The number of rotatable bonds is 9. The van der Waals surface area contributed by atoms with Crippen molar-refractivity contribution >= 4 is 17.7 Å². The molecular weight excluding hydrogens is 446 g/mol. The summed E-state index contributed by atoms with van der Waals surface area (Å²) in [6.07, 6.45) is 3.23. The van der Waals surface area contributed by atoms with Crippen LogP contribution >= 0.6 is 11.8 Å². The predicted molar refractivity (Wildman–Crippen MR) is 133 cm³/mol. The molecule has 7 heteroatoms. The van der Waals surface area contributed by atoms with Crippen LogP contribution in [0.3, 0.4) is 0 Å². The lowest BCUT2D eigenvalue weighted by Crippen LogP contribution is -2.22. The van der Waals surface area contributed by atoms with Crippen LogP contribution in [0.1, 0.15) is 28.4 Å². The van der Waals surface area contributed by atoms with Crippen LogP contribution in [0, 0.1) is 6.92 Å². The number of amides is 1. The zero-order valence-corrected chi connectivity index (χ0v) is 19.8. The molecule has 0 saturated carbocycles. The summed E-state index contributed by atoms with van der Waals surface area (Å²) < 4.78 is 11.4. The molecule has 4 rings (SSSR count). The van der Waals surface area contributed by atoms with Crippen molar-refractivity contribution in [3.05, 3.63) is 102 Å². The minimum atomic E-state index is -0.157. The van der Waals surface area contributed by atoms with Gasteiger partial charge in [0.1, 0.15) is 11.5 Å². The first kappa shape index (κ1) is 23.3. The fourth-order valence-corrected chi connectivity index (χ4v) is 3.90. The van der Waals surface area contributed by atoms with E-state index in [1.54, 1.807) is 36.7 Å². The maximum Gasteiger partial charge on any atom is 0.252 e. The molecule has 0 aliphatic heterocycles. The van der Waals surface area contributed by atoms with Gasteiger partial charge in [-0.05, 0) is 67.9 Å². The average Bonchev–Trinajstić information content (AvgIpc) is 2.86. The number of aromatic nitrogens is 2. The van der Waals surface area contributed by atoms with Crippen molar-refractivity contribution in [1.29, 1.82) is 0 Å². The minimum Gasteiger partial charge on any atom is -0.494 e. The Morgan fingerprint density at radius 3 is 2.26 bits per heavy atom. The largest absolute Gasteiger partial charge is 0.494 e. The lowest BCUT2D eigenvalue weighted by molar-refractivity contribution is 0.0951. The van der Waals surface area contributed by atoms with E-state index in [0.717, 1.165) is 16.2 Å². The molecule has 34 heavy (non-hydrogen) atoms.